The Labute approximate surface area is 63.2 Å². The first-order chi connectivity index (χ1) is 5.40. The van der Waals surface area contributed by atoms with Gasteiger partial charge >= 0.3 is 6.08 Å². The zero-order valence-corrected chi connectivity index (χ0v) is 6.13. The Hall–Kier alpha value is -1.45. The van der Waals surface area contributed by atoms with E-state index in [1.807, 2.05) is 13.0 Å². The second-order valence-electron chi connectivity index (χ2n) is 2.10. The van der Waals surface area contributed by atoms with Crippen molar-refractivity contribution in [1.29, 1.82) is 0 Å². The minimum Gasteiger partial charge on any atom is -0.450 e. The first kappa shape index (κ1) is 6.27. The molecule has 4 nitrogen and oxygen atoms in total. The number of fused-ring (bicyclic) bond motifs is 1. The first-order valence-electron chi connectivity index (χ1n) is 3.47. The van der Waals surface area contributed by atoms with Crippen LogP contribution in [0.5, 0.6) is 6.08 Å². The van der Waals surface area contributed by atoms with Crippen LogP contribution < -0.4 is 4.74 Å². The van der Waals surface area contributed by atoms with Crippen molar-refractivity contribution in [2.75, 3.05) is 6.61 Å². The lowest BCUT2D eigenvalue weighted by Crippen LogP contribution is -1.90. The van der Waals surface area contributed by atoms with E-state index in [4.69, 9.17) is 9.15 Å². The average Bonchev–Trinajstić information content (AvgIpc) is 2.46. The maximum absolute atomic E-state index is 5.18. The summed E-state index contributed by atoms with van der Waals surface area (Å²) in [4.78, 5) is 6.93. The van der Waals surface area contributed by atoms with Crippen LogP contribution in [0.25, 0.3) is 11.2 Å². The van der Waals surface area contributed by atoms with E-state index < -0.39 is 0 Å². The van der Waals surface area contributed by atoms with E-state index in [1.54, 1.807) is 6.20 Å². The summed E-state index contributed by atoms with van der Waals surface area (Å²) in [5.41, 5.74) is 1.46. The van der Waals surface area contributed by atoms with Crippen molar-refractivity contribution < 1.29 is 9.15 Å². The highest BCUT2D eigenvalue weighted by Gasteiger charge is 2.05. The zero-order valence-electron chi connectivity index (χ0n) is 6.13. The summed E-state index contributed by atoms with van der Waals surface area (Å²) in [6.45, 7) is 2.46. The fourth-order valence-corrected chi connectivity index (χ4v) is 0.909. The van der Waals surface area contributed by atoms with Crippen molar-refractivity contribution in [2.24, 2.45) is 0 Å². The maximum atomic E-state index is 5.18. The summed E-state index contributed by atoms with van der Waals surface area (Å²) in [7, 11) is 0. The van der Waals surface area contributed by atoms with E-state index in [-0.39, 0.29) is 0 Å². The number of aromatic amines is 1. The molecule has 58 valence electrons. The van der Waals surface area contributed by atoms with Crippen LogP contribution in [-0.2, 0) is 0 Å². The standard InChI is InChI=1S/C7H8N2O2/c1-2-10-7-9-6-5(11-7)3-4-8-6/h3-4,8H,2H2,1H3. The largest absolute Gasteiger partial charge is 0.450 e. The molecular weight excluding hydrogens is 144 g/mol. The van der Waals surface area contributed by atoms with Gasteiger partial charge in [-0.1, -0.05) is 0 Å². The number of nitrogens with zero attached hydrogens (tertiary/aromatic N) is 1. The third kappa shape index (κ3) is 0.960. The summed E-state index contributed by atoms with van der Waals surface area (Å²) >= 11 is 0. The number of hydrogen-bond donors (Lipinski definition) is 1. The van der Waals surface area contributed by atoms with Crippen LogP contribution in [0.2, 0.25) is 0 Å². The molecule has 0 aliphatic heterocycles. The van der Waals surface area contributed by atoms with Crippen molar-refractivity contribution in [2.45, 2.75) is 6.92 Å². The SMILES string of the molecule is CCOc1nc2[nH]ccc2o1. The van der Waals surface area contributed by atoms with E-state index >= 15 is 0 Å². The molecule has 0 aliphatic rings. The van der Waals surface area contributed by atoms with Crippen LogP contribution in [-0.4, -0.2) is 16.6 Å². The average molecular weight is 152 g/mol. The van der Waals surface area contributed by atoms with Gasteiger partial charge in [0.25, 0.3) is 0 Å². The van der Waals surface area contributed by atoms with Crippen molar-refractivity contribution in [3.63, 3.8) is 0 Å². The number of oxazole rings is 1. The molecule has 0 bridgehead atoms. The number of rotatable bonds is 2. The highest BCUT2D eigenvalue weighted by molar-refractivity contribution is 5.68. The third-order valence-electron chi connectivity index (χ3n) is 1.36. The molecule has 0 saturated heterocycles. The highest BCUT2D eigenvalue weighted by atomic mass is 16.6. The molecule has 2 heterocycles. The molecule has 0 spiro atoms. The maximum Gasteiger partial charge on any atom is 0.396 e. The van der Waals surface area contributed by atoms with Gasteiger partial charge in [0.2, 0.25) is 0 Å². The molecule has 2 aromatic heterocycles. The van der Waals surface area contributed by atoms with E-state index in [0.717, 1.165) is 11.2 Å². The van der Waals surface area contributed by atoms with E-state index in [1.165, 1.54) is 0 Å². The van der Waals surface area contributed by atoms with Gasteiger partial charge in [0.05, 0.1) is 6.61 Å². The monoisotopic (exact) mass is 152 g/mol. The summed E-state index contributed by atoms with van der Waals surface area (Å²) in [5.74, 6) is 0. The summed E-state index contributed by atoms with van der Waals surface area (Å²) in [5, 5.41) is 0. The highest BCUT2D eigenvalue weighted by Crippen LogP contribution is 2.18. The first-order valence-corrected chi connectivity index (χ1v) is 3.47. The Morgan fingerprint density at radius 2 is 2.64 bits per heavy atom. The number of aromatic nitrogens is 2. The molecular formula is C7H8N2O2. The molecule has 0 amide bonds. The normalized spacial score (nSPS) is 10.6. The van der Waals surface area contributed by atoms with Crippen molar-refractivity contribution in [1.82, 2.24) is 9.97 Å². The van der Waals surface area contributed by atoms with Gasteiger partial charge in [0.15, 0.2) is 11.2 Å². The molecule has 0 aromatic carbocycles. The Morgan fingerprint density at radius 3 is 3.36 bits per heavy atom. The lowest BCUT2D eigenvalue weighted by molar-refractivity contribution is 0.251. The van der Waals surface area contributed by atoms with Crippen LogP contribution in [0.4, 0.5) is 0 Å². The number of nitrogens with one attached hydrogen (secondary N) is 1. The van der Waals surface area contributed by atoms with Gasteiger partial charge in [-0.2, -0.15) is 4.98 Å². The third-order valence-corrected chi connectivity index (χ3v) is 1.36. The van der Waals surface area contributed by atoms with Crippen LogP contribution >= 0.6 is 0 Å². The molecule has 0 radical (unpaired) electrons. The molecule has 0 saturated carbocycles. The Bertz CT molecular complexity index is 321. The van der Waals surface area contributed by atoms with Gasteiger partial charge in [-0.15, -0.1) is 0 Å². The zero-order chi connectivity index (χ0) is 7.68. The van der Waals surface area contributed by atoms with Crippen LogP contribution in [0.15, 0.2) is 16.7 Å². The van der Waals surface area contributed by atoms with E-state index in [0.29, 0.717) is 12.7 Å². The van der Waals surface area contributed by atoms with Gasteiger partial charge < -0.3 is 14.1 Å². The predicted octanol–water partition coefficient (Wildman–Crippen LogP) is 1.55. The minimum absolute atomic E-state index is 0.328. The Kier molecular flexibility index (Phi) is 1.31. The second-order valence-corrected chi connectivity index (χ2v) is 2.10. The summed E-state index contributed by atoms with van der Waals surface area (Å²) < 4.78 is 10.2. The quantitative estimate of drug-likeness (QED) is 0.710. The molecule has 2 aromatic rings. The smallest absolute Gasteiger partial charge is 0.396 e. The van der Waals surface area contributed by atoms with E-state index in [2.05, 4.69) is 9.97 Å². The van der Waals surface area contributed by atoms with Crippen LogP contribution in [0.1, 0.15) is 6.92 Å². The Balaban J connectivity index is 2.42. The lowest BCUT2D eigenvalue weighted by atomic mass is 10.6. The molecule has 1 N–H and O–H groups in total. The molecule has 0 fully saturated rings. The summed E-state index contributed by atoms with van der Waals surface area (Å²) in [6.07, 6.45) is 2.10. The van der Waals surface area contributed by atoms with Gasteiger partial charge in [-0.25, -0.2) is 0 Å². The molecule has 2 rings (SSSR count). The fraction of sp³-hybridized carbons (Fsp3) is 0.286. The van der Waals surface area contributed by atoms with Crippen LogP contribution in [0, 0.1) is 0 Å². The van der Waals surface area contributed by atoms with Gasteiger partial charge in [0.1, 0.15) is 0 Å². The number of hydrogen-bond acceptors (Lipinski definition) is 3. The second kappa shape index (κ2) is 2.30. The summed E-state index contributed by atoms with van der Waals surface area (Å²) in [6, 6.07) is 1.81. The lowest BCUT2D eigenvalue weighted by Gasteiger charge is -1.91. The molecule has 11 heavy (non-hydrogen) atoms. The topological polar surface area (TPSA) is 51.0 Å². The number of H-pyrrole nitrogens is 1. The van der Waals surface area contributed by atoms with Crippen molar-refractivity contribution in [3.05, 3.63) is 12.3 Å². The van der Waals surface area contributed by atoms with Gasteiger partial charge in [-0.05, 0) is 6.92 Å². The predicted molar refractivity (Wildman–Crippen MR) is 39.5 cm³/mol. The molecule has 0 unspecified atom stereocenters. The Morgan fingerprint density at radius 1 is 1.73 bits per heavy atom. The van der Waals surface area contributed by atoms with Crippen LogP contribution in [0.3, 0.4) is 0 Å². The van der Waals surface area contributed by atoms with Crippen molar-refractivity contribution >= 4 is 11.2 Å². The molecule has 0 atom stereocenters. The minimum atomic E-state index is 0.328. The number of ether oxygens (including phenoxy) is 1. The fourth-order valence-electron chi connectivity index (χ4n) is 0.909. The van der Waals surface area contributed by atoms with Crippen molar-refractivity contribution in [3.8, 4) is 6.08 Å². The molecule has 0 aliphatic carbocycles. The van der Waals surface area contributed by atoms with E-state index in [9.17, 15) is 0 Å². The van der Waals surface area contributed by atoms with Gasteiger partial charge in [0, 0.05) is 12.3 Å². The molecule has 4 heteroatoms. The van der Waals surface area contributed by atoms with Gasteiger partial charge in [-0.3, -0.25) is 0 Å².